The fourth-order valence-corrected chi connectivity index (χ4v) is 1.62. The van der Waals surface area contributed by atoms with Crippen molar-refractivity contribution >= 4 is 5.78 Å². The molecule has 18 heavy (non-hydrogen) atoms. The molecule has 0 radical (unpaired) electrons. The first-order valence-electron chi connectivity index (χ1n) is 5.23. The van der Waals surface area contributed by atoms with Gasteiger partial charge in [-0.15, -0.1) is 0 Å². The van der Waals surface area contributed by atoms with Crippen molar-refractivity contribution in [1.29, 1.82) is 0 Å². The van der Waals surface area contributed by atoms with Gasteiger partial charge in [-0.25, -0.2) is 4.79 Å². The van der Waals surface area contributed by atoms with Crippen molar-refractivity contribution in [2.24, 2.45) is 14.1 Å². The molecule has 2 aromatic heterocycles. The maximum absolute atomic E-state index is 12.1. The highest BCUT2D eigenvalue weighted by molar-refractivity contribution is 6.08. The molecule has 2 aromatic rings. The number of ketones is 1. The first kappa shape index (κ1) is 12.0. The van der Waals surface area contributed by atoms with Gasteiger partial charge in [-0.2, -0.15) is 0 Å². The lowest BCUT2D eigenvalue weighted by molar-refractivity contribution is 0.103. The lowest BCUT2D eigenvalue weighted by Gasteiger charge is -2.05. The van der Waals surface area contributed by atoms with E-state index in [1.54, 1.807) is 12.1 Å². The minimum absolute atomic E-state index is 0.0485. The molecule has 2 heterocycles. The summed E-state index contributed by atoms with van der Waals surface area (Å²) in [6.07, 6.45) is 4.17. The van der Waals surface area contributed by atoms with Gasteiger partial charge in [0.25, 0.3) is 5.56 Å². The van der Waals surface area contributed by atoms with Gasteiger partial charge in [-0.1, -0.05) is 0 Å². The topological polar surface area (TPSA) is 74.0 Å². The molecule has 0 amide bonds. The molecule has 0 spiro atoms. The smallest absolute Gasteiger partial charge is 0.303 e. The molecule has 0 aliphatic carbocycles. The SMILES string of the molecule is Cn1cc(C(=O)c2cccnc2)c(=O)n(C)c1=O. The summed E-state index contributed by atoms with van der Waals surface area (Å²) in [7, 11) is 2.83. The summed E-state index contributed by atoms with van der Waals surface area (Å²) in [4.78, 5) is 39.3. The molecule has 6 nitrogen and oxygen atoms in total. The van der Waals surface area contributed by atoms with Gasteiger partial charge in [0.05, 0.1) is 0 Å². The van der Waals surface area contributed by atoms with E-state index < -0.39 is 17.0 Å². The second-order valence-electron chi connectivity index (χ2n) is 3.87. The number of aromatic nitrogens is 3. The third-order valence-electron chi connectivity index (χ3n) is 2.61. The zero-order valence-electron chi connectivity index (χ0n) is 9.95. The summed E-state index contributed by atoms with van der Waals surface area (Å²) >= 11 is 0. The summed E-state index contributed by atoms with van der Waals surface area (Å²) in [5.41, 5.74) is -0.810. The van der Waals surface area contributed by atoms with E-state index >= 15 is 0 Å². The van der Waals surface area contributed by atoms with Crippen molar-refractivity contribution < 1.29 is 4.79 Å². The Morgan fingerprint density at radius 1 is 1.28 bits per heavy atom. The van der Waals surface area contributed by atoms with E-state index in [1.807, 2.05) is 0 Å². The van der Waals surface area contributed by atoms with Crippen LogP contribution in [-0.4, -0.2) is 19.9 Å². The minimum Gasteiger partial charge on any atom is -0.303 e. The van der Waals surface area contributed by atoms with Gasteiger partial charge < -0.3 is 4.57 Å². The maximum Gasteiger partial charge on any atom is 0.330 e. The van der Waals surface area contributed by atoms with Crippen LogP contribution in [0.4, 0.5) is 0 Å². The van der Waals surface area contributed by atoms with Crippen molar-refractivity contribution in [3.05, 3.63) is 62.7 Å². The predicted molar refractivity (Wildman–Crippen MR) is 64.6 cm³/mol. The zero-order chi connectivity index (χ0) is 13.3. The van der Waals surface area contributed by atoms with Gasteiger partial charge in [-0.05, 0) is 12.1 Å². The van der Waals surface area contributed by atoms with Crippen LogP contribution in [0, 0.1) is 0 Å². The van der Waals surface area contributed by atoms with E-state index in [0.29, 0.717) is 5.56 Å². The van der Waals surface area contributed by atoms with Gasteiger partial charge in [0.2, 0.25) is 5.78 Å². The van der Waals surface area contributed by atoms with Crippen LogP contribution in [0.3, 0.4) is 0 Å². The monoisotopic (exact) mass is 245 g/mol. The molecule has 0 saturated heterocycles. The number of hydrogen-bond donors (Lipinski definition) is 0. The fraction of sp³-hybridized carbons (Fsp3) is 0.167. The summed E-state index contributed by atoms with van der Waals surface area (Å²) < 4.78 is 2.11. The Hall–Kier alpha value is -2.50. The van der Waals surface area contributed by atoms with Gasteiger partial charge in [0, 0.05) is 38.2 Å². The van der Waals surface area contributed by atoms with Crippen LogP contribution < -0.4 is 11.2 Å². The highest BCUT2D eigenvalue weighted by Gasteiger charge is 2.16. The molecule has 2 rings (SSSR count). The average molecular weight is 245 g/mol. The quantitative estimate of drug-likeness (QED) is 0.681. The van der Waals surface area contributed by atoms with Gasteiger partial charge in [0.15, 0.2) is 0 Å². The number of pyridine rings is 1. The molecule has 0 N–H and O–H groups in total. The number of hydrogen-bond acceptors (Lipinski definition) is 4. The molecule has 0 aromatic carbocycles. The van der Waals surface area contributed by atoms with E-state index in [-0.39, 0.29) is 5.56 Å². The van der Waals surface area contributed by atoms with Crippen molar-refractivity contribution in [2.75, 3.05) is 0 Å². The normalized spacial score (nSPS) is 10.3. The number of aryl methyl sites for hydroxylation is 1. The summed E-state index contributed by atoms with van der Waals surface area (Å²) in [6.45, 7) is 0. The molecule has 0 unspecified atom stereocenters. The zero-order valence-corrected chi connectivity index (χ0v) is 9.95. The second-order valence-corrected chi connectivity index (χ2v) is 3.87. The number of rotatable bonds is 2. The molecule has 6 heteroatoms. The Balaban J connectivity index is 2.64. The van der Waals surface area contributed by atoms with Crippen LogP contribution in [0.2, 0.25) is 0 Å². The summed E-state index contributed by atoms with van der Waals surface area (Å²) in [6, 6.07) is 3.18. The highest BCUT2D eigenvalue weighted by Crippen LogP contribution is 2.03. The highest BCUT2D eigenvalue weighted by atomic mass is 16.2. The Morgan fingerprint density at radius 2 is 2.00 bits per heavy atom. The van der Waals surface area contributed by atoms with E-state index in [0.717, 1.165) is 4.57 Å². The maximum atomic E-state index is 12.1. The molecule has 0 aliphatic rings. The largest absolute Gasteiger partial charge is 0.330 e. The molecule has 0 atom stereocenters. The van der Waals surface area contributed by atoms with Gasteiger partial charge >= 0.3 is 5.69 Å². The van der Waals surface area contributed by atoms with Crippen LogP contribution >= 0.6 is 0 Å². The van der Waals surface area contributed by atoms with Crippen molar-refractivity contribution in [3.63, 3.8) is 0 Å². The number of nitrogens with zero attached hydrogens (tertiary/aromatic N) is 3. The molecule has 0 saturated carbocycles. The number of carbonyl (C=O) groups excluding carboxylic acids is 1. The third-order valence-corrected chi connectivity index (χ3v) is 2.61. The molecular weight excluding hydrogens is 234 g/mol. The van der Waals surface area contributed by atoms with Crippen molar-refractivity contribution in [1.82, 2.24) is 14.1 Å². The average Bonchev–Trinajstić information content (AvgIpc) is 2.41. The van der Waals surface area contributed by atoms with Crippen LogP contribution in [0.25, 0.3) is 0 Å². The summed E-state index contributed by atoms with van der Waals surface area (Å²) in [5, 5.41) is 0. The lowest BCUT2D eigenvalue weighted by Crippen LogP contribution is -2.39. The van der Waals surface area contributed by atoms with Crippen LogP contribution in [-0.2, 0) is 14.1 Å². The molecule has 0 fully saturated rings. The van der Waals surface area contributed by atoms with E-state index in [9.17, 15) is 14.4 Å². The van der Waals surface area contributed by atoms with Crippen LogP contribution in [0.15, 0.2) is 40.3 Å². The lowest BCUT2D eigenvalue weighted by atomic mass is 10.1. The minimum atomic E-state index is -0.605. The standard InChI is InChI=1S/C12H11N3O3/c1-14-7-9(11(17)15(2)12(14)18)10(16)8-4-3-5-13-6-8/h3-7H,1-2H3. The molecule has 92 valence electrons. The van der Waals surface area contributed by atoms with E-state index in [4.69, 9.17) is 0 Å². The predicted octanol–water partition coefficient (Wildman–Crippen LogP) is -0.290. The molecule has 0 aliphatic heterocycles. The number of carbonyl (C=O) groups is 1. The Labute approximate surface area is 102 Å². The third kappa shape index (κ3) is 1.88. The van der Waals surface area contributed by atoms with E-state index in [2.05, 4.69) is 4.98 Å². The van der Waals surface area contributed by atoms with Crippen molar-refractivity contribution in [2.45, 2.75) is 0 Å². The fourth-order valence-electron chi connectivity index (χ4n) is 1.62. The first-order valence-corrected chi connectivity index (χ1v) is 5.23. The van der Waals surface area contributed by atoms with Crippen LogP contribution in [0.1, 0.15) is 15.9 Å². The van der Waals surface area contributed by atoms with Crippen LogP contribution in [0.5, 0.6) is 0 Å². The molecular formula is C12H11N3O3. The van der Waals surface area contributed by atoms with E-state index in [1.165, 1.54) is 37.3 Å². The Bertz CT molecular complexity index is 714. The van der Waals surface area contributed by atoms with Gasteiger partial charge in [0.1, 0.15) is 5.56 Å². The first-order chi connectivity index (χ1) is 8.52. The van der Waals surface area contributed by atoms with Gasteiger partial charge in [-0.3, -0.25) is 19.1 Å². The second kappa shape index (κ2) is 4.40. The Kier molecular flexibility index (Phi) is 2.93. The van der Waals surface area contributed by atoms with Crippen molar-refractivity contribution in [3.8, 4) is 0 Å². The Morgan fingerprint density at radius 3 is 2.61 bits per heavy atom. The molecule has 0 bridgehead atoms. The summed E-state index contributed by atoms with van der Waals surface area (Å²) in [5.74, 6) is -0.445.